The molecule has 0 radical (unpaired) electrons. The summed E-state index contributed by atoms with van der Waals surface area (Å²) in [6, 6.07) is 6.68. The minimum atomic E-state index is 0.379. The lowest BCUT2D eigenvalue weighted by Crippen LogP contribution is -2.37. The molecular weight excluding hydrogens is 248 g/mol. The van der Waals surface area contributed by atoms with E-state index in [0.29, 0.717) is 17.5 Å². The van der Waals surface area contributed by atoms with Crippen LogP contribution in [0, 0.1) is 11.3 Å². The minimum Gasteiger partial charge on any atom is -0.357 e. The van der Waals surface area contributed by atoms with E-state index in [1.807, 2.05) is 19.2 Å². The number of pyridine rings is 1. The largest absolute Gasteiger partial charge is 0.357 e. The number of hydrogen-bond acceptors (Lipinski definition) is 4. The smallest absolute Gasteiger partial charge is 0.146 e. The van der Waals surface area contributed by atoms with Crippen LogP contribution in [0.2, 0.25) is 0 Å². The molecule has 20 heavy (non-hydrogen) atoms. The molecule has 4 nitrogen and oxygen atoms in total. The molecule has 2 rings (SSSR count). The second-order valence-electron chi connectivity index (χ2n) is 6.03. The van der Waals surface area contributed by atoms with Gasteiger partial charge in [-0.05, 0) is 44.5 Å². The standard InChI is InChI=1S/C16H24N4/c1-12(2)15-8-7-13(10-17)16(18-15)20(4)11-14-6-5-9-19(14)3/h7-8,12,14H,5-6,9,11H2,1-4H3. The first-order valence-electron chi connectivity index (χ1n) is 7.35. The molecule has 0 saturated carbocycles. The van der Waals surface area contributed by atoms with E-state index < -0.39 is 0 Å². The second-order valence-corrected chi connectivity index (χ2v) is 6.03. The zero-order valence-corrected chi connectivity index (χ0v) is 12.9. The first-order chi connectivity index (χ1) is 9.52. The zero-order chi connectivity index (χ0) is 14.7. The molecule has 0 bridgehead atoms. The van der Waals surface area contributed by atoms with Crippen LogP contribution in [0.15, 0.2) is 12.1 Å². The van der Waals surface area contributed by atoms with Crippen molar-refractivity contribution in [2.45, 2.75) is 38.6 Å². The molecule has 4 heteroatoms. The van der Waals surface area contributed by atoms with Crippen molar-refractivity contribution in [1.82, 2.24) is 9.88 Å². The molecular formula is C16H24N4. The lowest BCUT2D eigenvalue weighted by Gasteiger charge is -2.27. The van der Waals surface area contributed by atoms with Crippen molar-refractivity contribution in [3.8, 4) is 6.07 Å². The van der Waals surface area contributed by atoms with Gasteiger partial charge >= 0.3 is 0 Å². The molecule has 1 atom stereocenters. The van der Waals surface area contributed by atoms with Gasteiger partial charge in [-0.15, -0.1) is 0 Å². The van der Waals surface area contributed by atoms with E-state index in [1.54, 1.807) is 0 Å². The number of rotatable bonds is 4. The van der Waals surface area contributed by atoms with E-state index in [9.17, 15) is 5.26 Å². The van der Waals surface area contributed by atoms with Gasteiger partial charge in [0.1, 0.15) is 11.9 Å². The summed E-state index contributed by atoms with van der Waals surface area (Å²) in [5.41, 5.74) is 1.71. The summed E-state index contributed by atoms with van der Waals surface area (Å²) < 4.78 is 0. The Kier molecular flexibility index (Phi) is 4.61. The average molecular weight is 272 g/mol. The summed E-state index contributed by atoms with van der Waals surface area (Å²) >= 11 is 0. The SMILES string of the molecule is CC(C)c1ccc(C#N)c(N(C)CC2CCCN2C)n1. The highest BCUT2D eigenvalue weighted by Gasteiger charge is 2.23. The predicted molar refractivity (Wildman–Crippen MR) is 82.0 cm³/mol. The van der Waals surface area contributed by atoms with Crippen molar-refractivity contribution in [1.29, 1.82) is 5.26 Å². The first-order valence-corrected chi connectivity index (χ1v) is 7.35. The monoisotopic (exact) mass is 272 g/mol. The molecule has 0 aliphatic carbocycles. The van der Waals surface area contributed by atoms with Crippen LogP contribution in [0.1, 0.15) is 43.9 Å². The van der Waals surface area contributed by atoms with Crippen molar-refractivity contribution in [2.24, 2.45) is 0 Å². The van der Waals surface area contributed by atoms with Gasteiger partial charge in [-0.1, -0.05) is 13.8 Å². The molecule has 2 heterocycles. The van der Waals surface area contributed by atoms with Gasteiger partial charge in [0.25, 0.3) is 0 Å². The Hall–Kier alpha value is -1.60. The van der Waals surface area contributed by atoms with Crippen LogP contribution in [-0.2, 0) is 0 Å². The molecule has 0 aromatic carbocycles. The lowest BCUT2D eigenvalue weighted by molar-refractivity contribution is 0.314. The Balaban J connectivity index is 2.21. The fraction of sp³-hybridized carbons (Fsp3) is 0.625. The van der Waals surface area contributed by atoms with Crippen LogP contribution in [0.3, 0.4) is 0 Å². The Morgan fingerprint density at radius 3 is 2.80 bits per heavy atom. The highest BCUT2D eigenvalue weighted by Crippen LogP contribution is 2.23. The number of nitriles is 1. The molecule has 1 saturated heterocycles. The van der Waals surface area contributed by atoms with E-state index in [0.717, 1.165) is 18.1 Å². The number of anilines is 1. The van der Waals surface area contributed by atoms with Crippen LogP contribution >= 0.6 is 0 Å². The quantitative estimate of drug-likeness (QED) is 0.845. The fourth-order valence-electron chi connectivity index (χ4n) is 2.78. The molecule has 1 unspecified atom stereocenters. The average Bonchev–Trinajstić information content (AvgIpc) is 2.83. The number of likely N-dealkylation sites (N-methyl/N-ethyl adjacent to an activating group) is 2. The maximum Gasteiger partial charge on any atom is 0.146 e. The molecule has 108 valence electrons. The zero-order valence-electron chi connectivity index (χ0n) is 12.9. The highest BCUT2D eigenvalue weighted by molar-refractivity contribution is 5.54. The summed E-state index contributed by atoms with van der Waals surface area (Å²) in [4.78, 5) is 9.23. The van der Waals surface area contributed by atoms with Crippen LogP contribution in [0.4, 0.5) is 5.82 Å². The van der Waals surface area contributed by atoms with Crippen LogP contribution in [0.5, 0.6) is 0 Å². The highest BCUT2D eigenvalue weighted by atomic mass is 15.2. The van der Waals surface area contributed by atoms with Crippen LogP contribution in [-0.4, -0.2) is 43.1 Å². The third-order valence-corrected chi connectivity index (χ3v) is 4.13. The van der Waals surface area contributed by atoms with Crippen molar-refractivity contribution in [3.63, 3.8) is 0 Å². The third kappa shape index (κ3) is 3.10. The Labute approximate surface area is 122 Å². The summed E-state index contributed by atoms with van der Waals surface area (Å²) in [5.74, 6) is 1.20. The van der Waals surface area contributed by atoms with Gasteiger partial charge in [0.05, 0.1) is 5.56 Å². The van der Waals surface area contributed by atoms with Crippen molar-refractivity contribution in [3.05, 3.63) is 23.4 Å². The van der Waals surface area contributed by atoms with E-state index in [4.69, 9.17) is 4.98 Å². The van der Waals surface area contributed by atoms with E-state index in [-0.39, 0.29) is 0 Å². The van der Waals surface area contributed by atoms with E-state index >= 15 is 0 Å². The van der Waals surface area contributed by atoms with E-state index in [2.05, 4.69) is 36.8 Å². The van der Waals surface area contributed by atoms with Crippen molar-refractivity contribution in [2.75, 3.05) is 32.1 Å². The fourth-order valence-corrected chi connectivity index (χ4v) is 2.78. The summed E-state index contributed by atoms with van der Waals surface area (Å²) in [7, 11) is 4.22. The molecule has 0 N–H and O–H groups in total. The lowest BCUT2D eigenvalue weighted by atomic mass is 10.1. The number of likely N-dealkylation sites (tertiary alicyclic amines) is 1. The summed E-state index contributed by atoms with van der Waals surface area (Å²) in [6.45, 7) is 6.36. The van der Waals surface area contributed by atoms with Crippen molar-refractivity contribution >= 4 is 5.82 Å². The van der Waals surface area contributed by atoms with Gasteiger partial charge in [0.2, 0.25) is 0 Å². The molecule has 0 spiro atoms. The second kappa shape index (κ2) is 6.23. The number of nitrogens with zero attached hydrogens (tertiary/aromatic N) is 4. The van der Waals surface area contributed by atoms with Gasteiger partial charge in [0.15, 0.2) is 0 Å². The summed E-state index contributed by atoms with van der Waals surface area (Å²) in [6.07, 6.45) is 2.49. The minimum absolute atomic E-state index is 0.379. The van der Waals surface area contributed by atoms with Crippen LogP contribution in [0.25, 0.3) is 0 Å². The molecule has 1 fully saturated rings. The van der Waals surface area contributed by atoms with Crippen molar-refractivity contribution < 1.29 is 0 Å². The molecule has 1 aliphatic heterocycles. The molecule has 1 aliphatic rings. The normalized spacial score (nSPS) is 19.3. The third-order valence-electron chi connectivity index (χ3n) is 4.13. The van der Waals surface area contributed by atoms with Gasteiger partial charge in [-0.3, -0.25) is 0 Å². The van der Waals surface area contributed by atoms with Gasteiger partial charge < -0.3 is 9.80 Å². The molecule has 1 aromatic rings. The first kappa shape index (κ1) is 14.8. The van der Waals surface area contributed by atoms with Crippen LogP contribution < -0.4 is 4.90 Å². The Morgan fingerprint density at radius 1 is 1.50 bits per heavy atom. The molecule has 1 aromatic heterocycles. The van der Waals surface area contributed by atoms with Gasteiger partial charge in [-0.2, -0.15) is 5.26 Å². The maximum absolute atomic E-state index is 9.28. The maximum atomic E-state index is 9.28. The van der Waals surface area contributed by atoms with E-state index in [1.165, 1.54) is 19.4 Å². The summed E-state index contributed by atoms with van der Waals surface area (Å²) in [5, 5.41) is 9.28. The topological polar surface area (TPSA) is 43.2 Å². The van der Waals surface area contributed by atoms with Gasteiger partial charge in [0, 0.05) is 25.3 Å². The Morgan fingerprint density at radius 2 is 2.25 bits per heavy atom. The number of hydrogen-bond donors (Lipinski definition) is 0. The number of aromatic nitrogens is 1. The Bertz CT molecular complexity index is 504. The predicted octanol–water partition coefficient (Wildman–Crippen LogP) is 2.61. The molecule has 0 amide bonds. The van der Waals surface area contributed by atoms with Gasteiger partial charge in [-0.25, -0.2) is 4.98 Å².